The van der Waals surface area contributed by atoms with E-state index < -0.39 is 0 Å². The molecule has 18 heavy (non-hydrogen) atoms. The van der Waals surface area contributed by atoms with Crippen LogP contribution in [0.5, 0.6) is 0 Å². The molecule has 0 aromatic carbocycles. The topological polar surface area (TPSA) is 49.4 Å². The van der Waals surface area contributed by atoms with Gasteiger partial charge in [0.15, 0.2) is 0 Å². The van der Waals surface area contributed by atoms with E-state index in [1.54, 1.807) is 0 Å². The maximum absolute atomic E-state index is 12.2. The highest BCUT2D eigenvalue weighted by atomic mass is 16.2. The van der Waals surface area contributed by atoms with Gasteiger partial charge in [0.2, 0.25) is 11.8 Å². The third kappa shape index (κ3) is 2.91. The predicted molar refractivity (Wildman–Crippen MR) is 69.9 cm³/mol. The van der Waals surface area contributed by atoms with Crippen LogP contribution >= 0.6 is 0 Å². The number of carbonyl (C=O) groups is 2. The number of imide groups is 1. The van der Waals surface area contributed by atoms with Crippen molar-refractivity contribution >= 4 is 11.8 Å². The molecule has 2 rings (SSSR count). The molecule has 2 amide bonds. The summed E-state index contributed by atoms with van der Waals surface area (Å²) in [5, 5.41) is 3.39. The fourth-order valence-corrected chi connectivity index (χ4v) is 2.72. The molecule has 4 heteroatoms. The monoisotopic (exact) mass is 252 g/mol. The van der Waals surface area contributed by atoms with Gasteiger partial charge in [-0.25, -0.2) is 0 Å². The number of hydrogen-bond acceptors (Lipinski definition) is 3. The highest BCUT2D eigenvalue weighted by Crippen LogP contribution is 2.34. The Morgan fingerprint density at radius 2 is 2.00 bits per heavy atom. The van der Waals surface area contributed by atoms with Crippen LogP contribution in [0.2, 0.25) is 0 Å². The fraction of sp³-hybridized carbons (Fsp3) is 0.857. The molecule has 1 aliphatic heterocycles. The van der Waals surface area contributed by atoms with E-state index in [2.05, 4.69) is 12.2 Å². The summed E-state index contributed by atoms with van der Waals surface area (Å²) < 4.78 is 0. The average molecular weight is 252 g/mol. The molecule has 0 aromatic heterocycles. The Balaban J connectivity index is 1.92. The summed E-state index contributed by atoms with van der Waals surface area (Å²) in [7, 11) is 0. The van der Waals surface area contributed by atoms with Crippen LogP contribution in [0.3, 0.4) is 0 Å². The van der Waals surface area contributed by atoms with Crippen LogP contribution in [0.1, 0.15) is 52.9 Å². The molecule has 2 atom stereocenters. The van der Waals surface area contributed by atoms with Crippen molar-refractivity contribution < 1.29 is 9.59 Å². The van der Waals surface area contributed by atoms with E-state index in [-0.39, 0.29) is 23.9 Å². The van der Waals surface area contributed by atoms with E-state index in [4.69, 9.17) is 0 Å². The molecule has 2 fully saturated rings. The lowest BCUT2D eigenvalue weighted by atomic mass is 10.1. The molecule has 2 unspecified atom stereocenters. The minimum atomic E-state index is -0.288. The Kier molecular flexibility index (Phi) is 4.05. The molecule has 2 aliphatic rings. The summed E-state index contributed by atoms with van der Waals surface area (Å²) in [6.07, 6.45) is 5.16. The van der Waals surface area contributed by atoms with Crippen molar-refractivity contribution in [3.8, 4) is 0 Å². The summed E-state index contributed by atoms with van der Waals surface area (Å²) in [6.45, 7) is 5.92. The fourth-order valence-electron chi connectivity index (χ4n) is 2.72. The normalized spacial score (nSPS) is 26.2. The van der Waals surface area contributed by atoms with Crippen molar-refractivity contribution in [1.29, 1.82) is 0 Å². The highest BCUT2D eigenvalue weighted by Gasteiger charge is 2.40. The van der Waals surface area contributed by atoms with Gasteiger partial charge in [-0.3, -0.25) is 14.5 Å². The van der Waals surface area contributed by atoms with Crippen LogP contribution in [-0.4, -0.2) is 34.8 Å². The largest absolute Gasteiger partial charge is 0.303 e. The number of hydrogen-bond donors (Lipinski definition) is 1. The van der Waals surface area contributed by atoms with Gasteiger partial charge in [-0.2, -0.15) is 0 Å². The summed E-state index contributed by atoms with van der Waals surface area (Å²) in [5.74, 6) is 0.772. The molecular weight excluding hydrogens is 228 g/mol. The van der Waals surface area contributed by atoms with Gasteiger partial charge in [0.1, 0.15) is 0 Å². The quantitative estimate of drug-likeness (QED) is 0.732. The molecule has 0 bridgehead atoms. The number of amides is 2. The Morgan fingerprint density at radius 1 is 1.33 bits per heavy atom. The van der Waals surface area contributed by atoms with E-state index in [0.29, 0.717) is 12.5 Å². The number of likely N-dealkylation sites (tertiary alicyclic amines) is 1. The van der Waals surface area contributed by atoms with Gasteiger partial charge in [-0.15, -0.1) is 0 Å². The van der Waals surface area contributed by atoms with Crippen molar-refractivity contribution in [2.75, 3.05) is 0 Å². The minimum Gasteiger partial charge on any atom is -0.303 e. The first-order valence-electron chi connectivity index (χ1n) is 7.14. The Hall–Kier alpha value is -0.900. The molecule has 1 N–H and O–H groups in total. The third-order valence-electron chi connectivity index (χ3n) is 3.94. The van der Waals surface area contributed by atoms with Gasteiger partial charge in [0.25, 0.3) is 0 Å². The maximum Gasteiger partial charge on any atom is 0.247 e. The lowest BCUT2D eigenvalue weighted by Gasteiger charge is -2.22. The van der Waals surface area contributed by atoms with Crippen LogP contribution in [0.4, 0.5) is 0 Å². The van der Waals surface area contributed by atoms with Crippen LogP contribution in [-0.2, 0) is 9.59 Å². The first kappa shape index (κ1) is 13.5. The number of nitrogens with zero attached hydrogens (tertiary/aromatic N) is 1. The van der Waals surface area contributed by atoms with Crippen LogP contribution < -0.4 is 5.32 Å². The summed E-state index contributed by atoms with van der Waals surface area (Å²) >= 11 is 0. The summed E-state index contributed by atoms with van der Waals surface area (Å²) in [4.78, 5) is 25.4. The zero-order chi connectivity index (χ0) is 13.3. The first-order valence-corrected chi connectivity index (χ1v) is 7.14. The molecule has 4 nitrogen and oxygen atoms in total. The lowest BCUT2D eigenvalue weighted by Crippen LogP contribution is -2.45. The zero-order valence-electron chi connectivity index (χ0n) is 11.6. The van der Waals surface area contributed by atoms with E-state index >= 15 is 0 Å². The maximum atomic E-state index is 12.2. The van der Waals surface area contributed by atoms with E-state index in [9.17, 15) is 9.59 Å². The van der Waals surface area contributed by atoms with Crippen molar-refractivity contribution in [2.24, 2.45) is 5.92 Å². The molecule has 0 aromatic rings. The molecule has 1 heterocycles. The number of carbonyl (C=O) groups excluding carboxylic acids is 2. The molecule has 1 saturated carbocycles. The van der Waals surface area contributed by atoms with Gasteiger partial charge < -0.3 is 5.32 Å². The molecule has 102 valence electrons. The average Bonchev–Trinajstić information content (AvgIpc) is 3.05. The van der Waals surface area contributed by atoms with Gasteiger partial charge in [-0.05, 0) is 32.6 Å². The van der Waals surface area contributed by atoms with Crippen LogP contribution in [0.15, 0.2) is 0 Å². The molecular formula is C14H24N2O2. The standard InChI is InChI=1S/C14H24N2O2/c1-4-11(7-10-5-6-10)15-12-8-13(17)16(9(2)3)14(12)18/h9-12,15H,4-8H2,1-3H3. The van der Waals surface area contributed by atoms with E-state index in [0.717, 1.165) is 18.8 Å². The Bertz CT molecular complexity index is 337. The first-order chi connectivity index (χ1) is 8.52. The number of rotatable bonds is 6. The zero-order valence-corrected chi connectivity index (χ0v) is 11.6. The number of nitrogens with one attached hydrogen (secondary N) is 1. The van der Waals surface area contributed by atoms with Gasteiger partial charge in [0.05, 0.1) is 12.5 Å². The molecule has 0 spiro atoms. The lowest BCUT2D eigenvalue weighted by molar-refractivity contribution is -0.140. The van der Waals surface area contributed by atoms with Crippen LogP contribution in [0, 0.1) is 5.92 Å². The molecule has 1 saturated heterocycles. The Morgan fingerprint density at radius 3 is 2.44 bits per heavy atom. The van der Waals surface area contributed by atoms with Crippen LogP contribution in [0.25, 0.3) is 0 Å². The Labute approximate surface area is 109 Å². The van der Waals surface area contributed by atoms with Crippen molar-refractivity contribution in [3.05, 3.63) is 0 Å². The summed E-state index contributed by atoms with van der Waals surface area (Å²) in [6, 6.07) is 0.0651. The summed E-state index contributed by atoms with van der Waals surface area (Å²) in [5.41, 5.74) is 0. The van der Waals surface area contributed by atoms with E-state index in [1.807, 2.05) is 13.8 Å². The molecule has 1 aliphatic carbocycles. The second-order valence-electron chi connectivity index (χ2n) is 5.90. The second-order valence-corrected chi connectivity index (χ2v) is 5.90. The smallest absolute Gasteiger partial charge is 0.247 e. The van der Waals surface area contributed by atoms with Gasteiger partial charge in [0, 0.05) is 12.1 Å². The molecule has 0 radical (unpaired) electrons. The third-order valence-corrected chi connectivity index (χ3v) is 3.94. The van der Waals surface area contributed by atoms with Crippen molar-refractivity contribution in [3.63, 3.8) is 0 Å². The van der Waals surface area contributed by atoms with Crippen molar-refractivity contribution in [2.45, 2.75) is 71.0 Å². The van der Waals surface area contributed by atoms with Crippen molar-refractivity contribution in [1.82, 2.24) is 10.2 Å². The predicted octanol–water partition coefficient (Wildman–Crippen LogP) is 1.69. The highest BCUT2D eigenvalue weighted by molar-refractivity contribution is 6.05. The van der Waals surface area contributed by atoms with Gasteiger partial charge in [-0.1, -0.05) is 19.8 Å². The minimum absolute atomic E-state index is 0.0275. The van der Waals surface area contributed by atoms with Gasteiger partial charge >= 0.3 is 0 Å². The SMILES string of the molecule is CCC(CC1CC1)NC1CC(=O)N(C(C)C)C1=O. The van der Waals surface area contributed by atoms with E-state index in [1.165, 1.54) is 17.7 Å². The second kappa shape index (κ2) is 5.39.